The molecule has 2 rings (SSSR count). The number of hydrogen-bond donors (Lipinski definition) is 3. The molecule has 0 aromatic heterocycles. The number of aryl methyl sites for hydroxylation is 1. The molecule has 1 aromatic rings. The third kappa shape index (κ3) is 5.12. The fourth-order valence-electron chi connectivity index (χ4n) is 2.48. The average molecular weight is 290 g/mol. The van der Waals surface area contributed by atoms with Crippen LogP contribution in [0, 0.1) is 6.92 Å². The van der Waals surface area contributed by atoms with E-state index in [2.05, 4.69) is 15.5 Å². The highest BCUT2D eigenvalue weighted by atomic mass is 16.2. The van der Waals surface area contributed by atoms with Crippen LogP contribution in [0.15, 0.2) is 24.3 Å². The number of nitrogens with one attached hydrogen (secondary N) is 2. The summed E-state index contributed by atoms with van der Waals surface area (Å²) >= 11 is 0. The Kier molecular flexibility index (Phi) is 6.17. The SMILES string of the molecule is Cc1ccc(C(N)C(=O)NCCCN2CCNCC2)cc1. The lowest BCUT2D eigenvalue weighted by atomic mass is 10.1. The summed E-state index contributed by atoms with van der Waals surface area (Å²) in [6.07, 6.45) is 0.965. The summed E-state index contributed by atoms with van der Waals surface area (Å²) in [6, 6.07) is 7.21. The van der Waals surface area contributed by atoms with Crippen LogP contribution >= 0.6 is 0 Å². The van der Waals surface area contributed by atoms with Gasteiger partial charge in [0.25, 0.3) is 0 Å². The molecule has 1 aromatic carbocycles. The second-order valence-electron chi connectivity index (χ2n) is 5.62. The predicted octanol–water partition coefficient (Wildman–Crippen LogP) is 0.406. The maximum atomic E-state index is 12.0. The van der Waals surface area contributed by atoms with Crippen LogP contribution < -0.4 is 16.4 Å². The maximum Gasteiger partial charge on any atom is 0.241 e. The zero-order chi connectivity index (χ0) is 15.1. The van der Waals surface area contributed by atoms with E-state index in [1.54, 1.807) is 0 Å². The Morgan fingerprint density at radius 3 is 2.67 bits per heavy atom. The predicted molar refractivity (Wildman–Crippen MR) is 85.0 cm³/mol. The summed E-state index contributed by atoms with van der Waals surface area (Å²) in [5, 5.41) is 6.26. The van der Waals surface area contributed by atoms with Crippen molar-refractivity contribution in [2.75, 3.05) is 39.3 Å². The van der Waals surface area contributed by atoms with Crippen LogP contribution in [0.1, 0.15) is 23.6 Å². The van der Waals surface area contributed by atoms with Gasteiger partial charge in [-0.1, -0.05) is 29.8 Å². The van der Waals surface area contributed by atoms with Crippen molar-refractivity contribution in [3.05, 3.63) is 35.4 Å². The van der Waals surface area contributed by atoms with Crippen LogP contribution in [0.2, 0.25) is 0 Å². The number of hydrogen-bond acceptors (Lipinski definition) is 4. The monoisotopic (exact) mass is 290 g/mol. The lowest BCUT2D eigenvalue weighted by Gasteiger charge is -2.27. The Hall–Kier alpha value is -1.43. The van der Waals surface area contributed by atoms with Crippen molar-refractivity contribution in [3.8, 4) is 0 Å². The molecule has 1 atom stereocenters. The molecule has 5 nitrogen and oxygen atoms in total. The van der Waals surface area contributed by atoms with Crippen molar-refractivity contribution in [2.45, 2.75) is 19.4 Å². The summed E-state index contributed by atoms with van der Waals surface area (Å²) in [6.45, 7) is 8.04. The molecule has 5 heteroatoms. The van der Waals surface area contributed by atoms with Gasteiger partial charge in [0.15, 0.2) is 0 Å². The second-order valence-corrected chi connectivity index (χ2v) is 5.62. The highest BCUT2D eigenvalue weighted by Crippen LogP contribution is 2.11. The van der Waals surface area contributed by atoms with Gasteiger partial charge in [0.05, 0.1) is 0 Å². The zero-order valence-corrected chi connectivity index (χ0v) is 12.8. The van der Waals surface area contributed by atoms with Crippen molar-refractivity contribution >= 4 is 5.91 Å². The lowest BCUT2D eigenvalue weighted by molar-refractivity contribution is -0.122. The average Bonchev–Trinajstić information content (AvgIpc) is 2.52. The Labute approximate surface area is 126 Å². The van der Waals surface area contributed by atoms with E-state index in [-0.39, 0.29) is 5.91 Å². The van der Waals surface area contributed by atoms with E-state index in [1.807, 2.05) is 31.2 Å². The normalized spacial score (nSPS) is 17.4. The van der Waals surface area contributed by atoms with Gasteiger partial charge in [-0.05, 0) is 25.5 Å². The highest BCUT2D eigenvalue weighted by Gasteiger charge is 2.15. The standard InChI is InChI=1S/C16H26N4O/c1-13-3-5-14(6-4-13)15(17)16(21)19-7-2-10-20-11-8-18-9-12-20/h3-6,15,18H,2,7-12,17H2,1H3,(H,19,21). The topological polar surface area (TPSA) is 70.4 Å². The second kappa shape index (κ2) is 8.12. The van der Waals surface area contributed by atoms with Crippen LogP contribution in [0.25, 0.3) is 0 Å². The van der Waals surface area contributed by atoms with Crippen LogP contribution in [0.4, 0.5) is 0 Å². The van der Waals surface area contributed by atoms with Crippen molar-refractivity contribution < 1.29 is 4.79 Å². The van der Waals surface area contributed by atoms with Crippen LogP contribution in [-0.4, -0.2) is 50.1 Å². The third-order valence-electron chi connectivity index (χ3n) is 3.88. The molecule has 21 heavy (non-hydrogen) atoms. The third-order valence-corrected chi connectivity index (χ3v) is 3.88. The van der Waals surface area contributed by atoms with Gasteiger partial charge in [-0.2, -0.15) is 0 Å². The summed E-state index contributed by atoms with van der Waals surface area (Å²) in [4.78, 5) is 14.4. The maximum absolute atomic E-state index is 12.0. The number of carbonyl (C=O) groups excluding carboxylic acids is 1. The minimum absolute atomic E-state index is 0.0980. The first-order valence-corrected chi connectivity index (χ1v) is 7.70. The smallest absolute Gasteiger partial charge is 0.241 e. The molecule has 1 aliphatic rings. The van der Waals surface area contributed by atoms with Gasteiger partial charge in [-0.25, -0.2) is 0 Å². The molecule has 4 N–H and O–H groups in total. The molecule has 1 fully saturated rings. The fraction of sp³-hybridized carbons (Fsp3) is 0.562. The Morgan fingerprint density at radius 2 is 2.00 bits per heavy atom. The summed E-state index contributed by atoms with van der Waals surface area (Å²) < 4.78 is 0. The van der Waals surface area contributed by atoms with Gasteiger partial charge >= 0.3 is 0 Å². The quantitative estimate of drug-likeness (QED) is 0.664. The van der Waals surface area contributed by atoms with Crippen molar-refractivity contribution in [1.29, 1.82) is 0 Å². The number of amides is 1. The zero-order valence-electron chi connectivity index (χ0n) is 12.8. The van der Waals surface area contributed by atoms with Crippen LogP contribution in [0.5, 0.6) is 0 Å². The summed E-state index contributed by atoms with van der Waals surface area (Å²) in [5.74, 6) is -0.0980. The van der Waals surface area contributed by atoms with Gasteiger partial charge in [-0.15, -0.1) is 0 Å². The van der Waals surface area contributed by atoms with Gasteiger partial charge in [0.2, 0.25) is 5.91 Å². The van der Waals surface area contributed by atoms with Crippen LogP contribution in [-0.2, 0) is 4.79 Å². The minimum Gasteiger partial charge on any atom is -0.354 e. The van der Waals surface area contributed by atoms with E-state index in [9.17, 15) is 4.79 Å². The van der Waals surface area contributed by atoms with E-state index >= 15 is 0 Å². The molecule has 0 aliphatic carbocycles. The number of rotatable bonds is 6. The first-order chi connectivity index (χ1) is 10.2. The van der Waals surface area contributed by atoms with Crippen molar-refractivity contribution in [1.82, 2.24) is 15.5 Å². The molecule has 0 bridgehead atoms. The van der Waals surface area contributed by atoms with Gasteiger partial charge in [-0.3, -0.25) is 4.79 Å². The molecule has 1 unspecified atom stereocenters. The van der Waals surface area contributed by atoms with Crippen LogP contribution in [0.3, 0.4) is 0 Å². The number of piperazine rings is 1. The molecule has 1 amide bonds. The molecule has 0 saturated carbocycles. The molecule has 116 valence electrons. The number of carbonyl (C=O) groups is 1. The fourth-order valence-corrected chi connectivity index (χ4v) is 2.48. The van der Waals surface area contributed by atoms with Gasteiger partial charge in [0.1, 0.15) is 6.04 Å². The Bertz CT molecular complexity index is 440. The Morgan fingerprint density at radius 1 is 1.33 bits per heavy atom. The summed E-state index contributed by atoms with van der Waals surface area (Å²) in [5.41, 5.74) is 8.01. The number of benzene rings is 1. The van der Waals surface area contributed by atoms with E-state index in [4.69, 9.17) is 5.73 Å². The molecular weight excluding hydrogens is 264 g/mol. The van der Waals surface area contributed by atoms with E-state index in [0.29, 0.717) is 6.54 Å². The Balaban J connectivity index is 1.67. The van der Waals surface area contributed by atoms with E-state index < -0.39 is 6.04 Å². The first kappa shape index (κ1) is 15.9. The first-order valence-electron chi connectivity index (χ1n) is 7.70. The van der Waals surface area contributed by atoms with E-state index in [0.717, 1.165) is 44.7 Å². The molecule has 0 spiro atoms. The minimum atomic E-state index is -0.579. The van der Waals surface area contributed by atoms with E-state index in [1.165, 1.54) is 5.56 Å². The summed E-state index contributed by atoms with van der Waals surface area (Å²) in [7, 11) is 0. The largest absolute Gasteiger partial charge is 0.354 e. The number of nitrogens with two attached hydrogens (primary N) is 1. The lowest BCUT2D eigenvalue weighted by Crippen LogP contribution is -2.44. The van der Waals surface area contributed by atoms with Crippen molar-refractivity contribution in [3.63, 3.8) is 0 Å². The van der Waals surface area contributed by atoms with Gasteiger partial charge in [0, 0.05) is 32.7 Å². The highest BCUT2D eigenvalue weighted by molar-refractivity contribution is 5.82. The number of nitrogens with zero attached hydrogens (tertiary/aromatic N) is 1. The molecule has 0 radical (unpaired) electrons. The molecule has 1 saturated heterocycles. The molecular formula is C16H26N4O. The molecule has 1 heterocycles. The van der Waals surface area contributed by atoms with Crippen molar-refractivity contribution in [2.24, 2.45) is 5.73 Å². The molecule has 1 aliphatic heterocycles. The van der Waals surface area contributed by atoms with Gasteiger partial charge < -0.3 is 21.3 Å².